The highest BCUT2D eigenvalue weighted by Crippen LogP contribution is 2.28. The Morgan fingerprint density at radius 2 is 2.29 bits per heavy atom. The van der Waals surface area contributed by atoms with Crippen LogP contribution in [0.2, 0.25) is 0 Å². The van der Waals surface area contributed by atoms with Crippen molar-refractivity contribution in [1.29, 1.82) is 0 Å². The summed E-state index contributed by atoms with van der Waals surface area (Å²) in [5, 5.41) is 12.0. The topological polar surface area (TPSA) is 37.3 Å². The highest BCUT2D eigenvalue weighted by atomic mass is 32.1. The fourth-order valence-electron chi connectivity index (χ4n) is 1.55. The van der Waals surface area contributed by atoms with Gasteiger partial charge in [0.15, 0.2) is 0 Å². The van der Waals surface area contributed by atoms with Gasteiger partial charge in [-0.1, -0.05) is 18.2 Å². The Balaban J connectivity index is 2.59. The van der Waals surface area contributed by atoms with Crippen LogP contribution in [0.25, 0.3) is 10.1 Å². The summed E-state index contributed by atoms with van der Waals surface area (Å²) < 4.78 is 1.10. The number of rotatable bonds is 2. The molecular formula is C11H10O2S. The monoisotopic (exact) mass is 206 g/mol. The predicted molar refractivity (Wildman–Crippen MR) is 57.9 cm³/mol. The van der Waals surface area contributed by atoms with Gasteiger partial charge >= 0.3 is 5.97 Å². The SMILES string of the molecule is Cc1csc2c(CC(=O)O)cccc12. The zero-order chi connectivity index (χ0) is 10.1. The molecule has 0 saturated carbocycles. The molecule has 0 atom stereocenters. The first-order valence-corrected chi connectivity index (χ1v) is 5.24. The summed E-state index contributed by atoms with van der Waals surface area (Å²) >= 11 is 1.62. The van der Waals surface area contributed by atoms with Gasteiger partial charge in [0.05, 0.1) is 6.42 Å². The molecule has 0 unspecified atom stereocenters. The third kappa shape index (κ3) is 1.51. The smallest absolute Gasteiger partial charge is 0.307 e. The number of aryl methyl sites for hydroxylation is 1. The van der Waals surface area contributed by atoms with Crippen molar-refractivity contribution in [3.05, 3.63) is 34.7 Å². The number of carboxylic acids is 1. The normalized spacial score (nSPS) is 10.6. The molecule has 0 aliphatic heterocycles. The van der Waals surface area contributed by atoms with Gasteiger partial charge in [-0.25, -0.2) is 0 Å². The molecule has 0 aliphatic carbocycles. The van der Waals surface area contributed by atoms with Crippen LogP contribution in [0.3, 0.4) is 0 Å². The molecule has 14 heavy (non-hydrogen) atoms. The first-order valence-electron chi connectivity index (χ1n) is 4.36. The lowest BCUT2D eigenvalue weighted by Crippen LogP contribution is -1.99. The van der Waals surface area contributed by atoms with Crippen molar-refractivity contribution < 1.29 is 9.90 Å². The highest BCUT2D eigenvalue weighted by molar-refractivity contribution is 7.17. The number of hydrogen-bond donors (Lipinski definition) is 1. The maximum absolute atomic E-state index is 10.6. The van der Waals surface area contributed by atoms with Gasteiger partial charge < -0.3 is 5.11 Å². The molecule has 1 heterocycles. The molecule has 0 spiro atoms. The van der Waals surface area contributed by atoms with E-state index in [1.54, 1.807) is 11.3 Å². The van der Waals surface area contributed by atoms with E-state index in [4.69, 9.17) is 5.11 Å². The van der Waals surface area contributed by atoms with Crippen LogP contribution in [0.1, 0.15) is 11.1 Å². The summed E-state index contributed by atoms with van der Waals surface area (Å²) in [6.07, 6.45) is 0.108. The predicted octanol–water partition coefficient (Wildman–Crippen LogP) is 2.84. The van der Waals surface area contributed by atoms with Gasteiger partial charge in [0, 0.05) is 4.70 Å². The molecule has 0 amide bonds. The molecule has 1 aromatic carbocycles. The summed E-state index contributed by atoms with van der Waals surface area (Å²) in [6.45, 7) is 2.05. The Morgan fingerprint density at radius 3 is 3.00 bits per heavy atom. The van der Waals surface area contributed by atoms with Crippen molar-refractivity contribution in [3.8, 4) is 0 Å². The van der Waals surface area contributed by atoms with Crippen molar-refractivity contribution in [3.63, 3.8) is 0 Å². The third-order valence-corrected chi connectivity index (χ3v) is 3.41. The second-order valence-electron chi connectivity index (χ2n) is 3.28. The first kappa shape index (κ1) is 9.21. The lowest BCUT2D eigenvalue weighted by Gasteiger charge is -1.99. The molecular weight excluding hydrogens is 196 g/mol. The Labute approximate surface area is 85.8 Å². The van der Waals surface area contributed by atoms with E-state index in [9.17, 15) is 4.79 Å². The number of carboxylic acid groups (broad SMARTS) is 1. The van der Waals surface area contributed by atoms with Gasteiger partial charge in [-0.3, -0.25) is 4.79 Å². The highest BCUT2D eigenvalue weighted by Gasteiger charge is 2.07. The van der Waals surface area contributed by atoms with E-state index in [0.717, 1.165) is 10.3 Å². The number of benzene rings is 1. The maximum atomic E-state index is 10.6. The summed E-state index contributed by atoms with van der Waals surface area (Å²) in [5.74, 6) is -0.774. The Morgan fingerprint density at radius 1 is 1.50 bits per heavy atom. The zero-order valence-electron chi connectivity index (χ0n) is 7.78. The largest absolute Gasteiger partial charge is 0.481 e. The summed E-state index contributed by atoms with van der Waals surface area (Å²) in [4.78, 5) is 10.6. The molecule has 1 N–H and O–H groups in total. The minimum Gasteiger partial charge on any atom is -0.481 e. The Hall–Kier alpha value is -1.35. The van der Waals surface area contributed by atoms with Gasteiger partial charge in [0.25, 0.3) is 0 Å². The Bertz CT molecular complexity index is 485. The molecule has 0 saturated heterocycles. The summed E-state index contributed by atoms with van der Waals surface area (Å²) in [7, 11) is 0. The summed E-state index contributed by atoms with van der Waals surface area (Å²) in [6, 6.07) is 5.83. The van der Waals surface area contributed by atoms with Crippen molar-refractivity contribution in [2.24, 2.45) is 0 Å². The zero-order valence-corrected chi connectivity index (χ0v) is 8.60. The molecule has 3 heteroatoms. The van der Waals surface area contributed by atoms with E-state index < -0.39 is 5.97 Å². The molecule has 0 bridgehead atoms. The molecule has 1 aromatic heterocycles. The van der Waals surface area contributed by atoms with Gasteiger partial charge in [-0.2, -0.15) is 0 Å². The Kier molecular flexibility index (Phi) is 2.25. The van der Waals surface area contributed by atoms with Crippen LogP contribution in [-0.2, 0) is 11.2 Å². The third-order valence-electron chi connectivity index (χ3n) is 2.22. The van der Waals surface area contributed by atoms with Crippen molar-refractivity contribution in [1.82, 2.24) is 0 Å². The fraction of sp³-hybridized carbons (Fsp3) is 0.182. The van der Waals surface area contributed by atoms with Crippen LogP contribution in [0, 0.1) is 6.92 Å². The van der Waals surface area contributed by atoms with E-state index in [1.807, 2.05) is 25.1 Å². The van der Waals surface area contributed by atoms with Crippen molar-refractivity contribution in [2.75, 3.05) is 0 Å². The lowest BCUT2D eigenvalue weighted by atomic mass is 10.1. The van der Waals surface area contributed by atoms with Crippen LogP contribution in [0.4, 0.5) is 0 Å². The quantitative estimate of drug-likeness (QED) is 0.820. The summed E-state index contributed by atoms with van der Waals surface area (Å²) in [5.41, 5.74) is 2.13. The van der Waals surface area contributed by atoms with Gasteiger partial charge in [0.2, 0.25) is 0 Å². The minimum absolute atomic E-state index is 0.108. The van der Waals surface area contributed by atoms with Crippen LogP contribution in [0.15, 0.2) is 23.6 Å². The van der Waals surface area contributed by atoms with E-state index in [0.29, 0.717) is 0 Å². The van der Waals surface area contributed by atoms with Crippen LogP contribution in [0.5, 0.6) is 0 Å². The van der Waals surface area contributed by atoms with E-state index in [2.05, 4.69) is 5.38 Å². The van der Waals surface area contributed by atoms with Gasteiger partial charge in [0.1, 0.15) is 0 Å². The van der Waals surface area contributed by atoms with E-state index >= 15 is 0 Å². The van der Waals surface area contributed by atoms with Gasteiger partial charge in [-0.15, -0.1) is 11.3 Å². The standard InChI is InChI=1S/C11H10O2S/c1-7-6-14-11-8(5-10(12)13)3-2-4-9(7)11/h2-4,6H,5H2,1H3,(H,12,13). The van der Waals surface area contributed by atoms with Crippen LogP contribution < -0.4 is 0 Å². The molecule has 0 fully saturated rings. The first-order chi connectivity index (χ1) is 6.68. The molecule has 2 rings (SSSR count). The number of carbonyl (C=O) groups is 1. The number of hydrogen-bond acceptors (Lipinski definition) is 2. The minimum atomic E-state index is -0.774. The van der Waals surface area contributed by atoms with E-state index in [1.165, 1.54) is 10.9 Å². The maximum Gasteiger partial charge on any atom is 0.307 e. The number of thiophene rings is 1. The number of aliphatic carboxylic acids is 1. The molecule has 72 valence electrons. The van der Waals surface area contributed by atoms with Crippen LogP contribution >= 0.6 is 11.3 Å². The average Bonchev–Trinajstić information content (AvgIpc) is 2.49. The second-order valence-corrected chi connectivity index (χ2v) is 4.16. The van der Waals surface area contributed by atoms with Crippen molar-refractivity contribution in [2.45, 2.75) is 13.3 Å². The number of fused-ring (bicyclic) bond motifs is 1. The fourth-order valence-corrected chi connectivity index (χ4v) is 2.62. The van der Waals surface area contributed by atoms with Crippen molar-refractivity contribution >= 4 is 27.4 Å². The molecule has 2 aromatic rings. The molecule has 0 radical (unpaired) electrons. The lowest BCUT2D eigenvalue weighted by molar-refractivity contribution is -0.136. The van der Waals surface area contributed by atoms with E-state index in [-0.39, 0.29) is 6.42 Å². The molecule has 0 aliphatic rings. The molecule has 2 nitrogen and oxygen atoms in total. The van der Waals surface area contributed by atoms with Gasteiger partial charge in [-0.05, 0) is 28.8 Å². The second kappa shape index (κ2) is 3.42. The van der Waals surface area contributed by atoms with Crippen LogP contribution in [-0.4, -0.2) is 11.1 Å². The average molecular weight is 206 g/mol.